The Balaban J connectivity index is 2.10. The third-order valence-electron chi connectivity index (χ3n) is 3.36. The summed E-state index contributed by atoms with van der Waals surface area (Å²) in [5.74, 6) is 0.117. The zero-order valence-corrected chi connectivity index (χ0v) is 13.3. The van der Waals surface area contributed by atoms with Crippen LogP contribution in [0.4, 0.5) is 0 Å². The fourth-order valence-corrected chi connectivity index (χ4v) is 3.58. The first kappa shape index (κ1) is 15.5. The Kier molecular flexibility index (Phi) is 5.57. The third-order valence-corrected chi connectivity index (χ3v) is 4.47. The maximum absolute atomic E-state index is 12.6. The third kappa shape index (κ3) is 3.59. The van der Waals surface area contributed by atoms with Crippen molar-refractivity contribution in [2.45, 2.75) is 39.9 Å². The molecule has 1 aromatic heterocycles. The predicted octanol–water partition coefficient (Wildman–Crippen LogP) is 2.84. The van der Waals surface area contributed by atoms with E-state index in [2.05, 4.69) is 6.92 Å². The van der Waals surface area contributed by atoms with Crippen LogP contribution in [0, 0.1) is 6.92 Å². The maximum atomic E-state index is 12.6. The van der Waals surface area contributed by atoms with E-state index in [1.165, 1.54) is 9.75 Å². The van der Waals surface area contributed by atoms with Crippen LogP contribution in [0.15, 0.2) is 6.07 Å². The lowest BCUT2D eigenvalue weighted by Gasteiger charge is -2.26. The highest BCUT2D eigenvalue weighted by molar-refractivity contribution is 7.12. The first-order chi connectivity index (χ1) is 9.65. The minimum Gasteiger partial charge on any atom is -0.351 e. The van der Waals surface area contributed by atoms with Crippen LogP contribution in [0.25, 0.3) is 0 Å². The summed E-state index contributed by atoms with van der Waals surface area (Å²) in [5.41, 5.74) is 0.872. The van der Waals surface area contributed by atoms with E-state index in [-0.39, 0.29) is 12.2 Å². The van der Waals surface area contributed by atoms with Gasteiger partial charge in [0.15, 0.2) is 6.29 Å². The normalized spacial score (nSPS) is 15.6. The van der Waals surface area contributed by atoms with Gasteiger partial charge in [-0.05, 0) is 39.7 Å². The van der Waals surface area contributed by atoms with Crippen LogP contribution in [0.5, 0.6) is 0 Å². The molecule has 0 N–H and O–H groups in total. The van der Waals surface area contributed by atoms with Gasteiger partial charge in [0.05, 0.1) is 12.1 Å². The van der Waals surface area contributed by atoms with E-state index < -0.39 is 0 Å². The average Bonchev–Trinajstić information content (AvgIpc) is 2.72. The average molecular weight is 297 g/mol. The minimum atomic E-state index is -0.324. The summed E-state index contributed by atoms with van der Waals surface area (Å²) in [6, 6.07) is 2.01. The molecule has 1 aliphatic rings. The molecule has 0 bridgehead atoms. The van der Waals surface area contributed by atoms with Gasteiger partial charge in [-0.1, -0.05) is 0 Å². The van der Waals surface area contributed by atoms with Crippen molar-refractivity contribution < 1.29 is 14.3 Å². The summed E-state index contributed by atoms with van der Waals surface area (Å²) in [6.07, 6.45) is 1.67. The Morgan fingerprint density at radius 1 is 1.35 bits per heavy atom. The van der Waals surface area contributed by atoms with Crippen LogP contribution >= 0.6 is 11.3 Å². The molecule has 4 nitrogen and oxygen atoms in total. The van der Waals surface area contributed by atoms with Crippen molar-refractivity contribution in [1.82, 2.24) is 4.90 Å². The number of amides is 1. The van der Waals surface area contributed by atoms with Crippen molar-refractivity contribution in [2.24, 2.45) is 0 Å². The lowest BCUT2D eigenvalue weighted by molar-refractivity contribution is -0.143. The van der Waals surface area contributed by atoms with Gasteiger partial charge in [0.1, 0.15) is 0 Å². The molecule has 0 radical (unpaired) electrons. The molecule has 0 aliphatic carbocycles. The molecule has 5 heteroatoms. The van der Waals surface area contributed by atoms with Gasteiger partial charge in [-0.2, -0.15) is 0 Å². The Morgan fingerprint density at radius 3 is 2.70 bits per heavy atom. The van der Waals surface area contributed by atoms with Crippen molar-refractivity contribution in [2.75, 3.05) is 26.3 Å². The minimum absolute atomic E-state index is 0.117. The highest BCUT2D eigenvalue weighted by Crippen LogP contribution is 2.27. The molecule has 0 spiro atoms. The standard InChI is InChI=1S/C15H23NO3S/c1-4-18-14(19-5-2)10-16-8-6-7-13-12(15(16)17)9-11(3)20-13/h9,14H,4-8,10H2,1-3H3. The second-order valence-corrected chi connectivity index (χ2v) is 6.23. The number of nitrogens with zero attached hydrogens (tertiary/aromatic N) is 1. The number of hydrogen-bond acceptors (Lipinski definition) is 4. The van der Waals surface area contributed by atoms with Crippen LogP contribution in [0.2, 0.25) is 0 Å². The van der Waals surface area contributed by atoms with Gasteiger partial charge in [-0.3, -0.25) is 4.79 Å². The van der Waals surface area contributed by atoms with Gasteiger partial charge in [0.25, 0.3) is 5.91 Å². The summed E-state index contributed by atoms with van der Waals surface area (Å²) in [5, 5.41) is 0. The van der Waals surface area contributed by atoms with Crippen molar-refractivity contribution >= 4 is 17.2 Å². The van der Waals surface area contributed by atoms with Gasteiger partial charge in [0, 0.05) is 29.5 Å². The molecule has 0 atom stereocenters. The molecule has 112 valence electrons. The van der Waals surface area contributed by atoms with Crippen LogP contribution in [0.1, 0.15) is 40.4 Å². The number of rotatable bonds is 6. The number of ether oxygens (including phenoxy) is 2. The number of hydrogen-bond donors (Lipinski definition) is 0. The Hall–Kier alpha value is -0.910. The van der Waals surface area contributed by atoms with Gasteiger partial charge in [-0.25, -0.2) is 0 Å². The SMILES string of the molecule is CCOC(CN1CCCc2sc(C)cc2C1=O)OCC. The molecule has 0 aromatic carbocycles. The first-order valence-corrected chi connectivity index (χ1v) is 8.09. The lowest BCUT2D eigenvalue weighted by atomic mass is 10.2. The number of carbonyl (C=O) groups excluding carboxylic acids is 1. The maximum Gasteiger partial charge on any atom is 0.255 e. The second-order valence-electron chi connectivity index (χ2n) is 4.89. The second kappa shape index (κ2) is 7.20. The van der Waals surface area contributed by atoms with Crippen LogP contribution in [-0.4, -0.2) is 43.4 Å². The summed E-state index contributed by atoms with van der Waals surface area (Å²) in [4.78, 5) is 16.9. The number of aryl methyl sites for hydroxylation is 2. The molecule has 0 saturated heterocycles. The lowest BCUT2D eigenvalue weighted by Crippen LogP contribution is -2.39. The molecule has 1 aromatic rings. The molecule has 1 amide bonds. The molecule has 0 fully saturated rings. The number of carbonyl (C=O) groups is 1. The fourth-order valence-electron chi connectivity index (χ4n) is 2.51. The van der Waals surface area contributed by atoms with E-state index in [9.17, 15) is 4.79 Å². The van der Waals surface area contributed by atoms with Crippen LogP contribution in [0.3, 0.4) is 0 Å². The molecular formula is C15H23NO3S. The smallest absolute Gasteiger partial charge is 0.255 e. The fraction of sp³-hybridized carbons (Fsp3) is 0.667. The first-order valence-electron chi connectivity index (χ1n) is 7.27. The largest absolute Gasteiger partial charge is 0.351 e. The molecule has 20 heavy (non-hydrogen) atoms. The summed E-state index contributed by atoms with van der Waals surface area (Å²) in [6.45, 7) is 8.41. The van der Waals surface area contributed by atoms with Crippen molar-refractivity contribution in [3.8, 4) is 0 Å². The van der Waals surface area contributed by atoms with Crippen molar-refractivity contribution in [3.63, 3.8) is 0 Å². The quantitative estimate of drug-likeness (QED) is 0.758. The predicted molar refractivity (Wildman–Crippen MR) is 80.3 cm³/mol. The van der Waals surface area contributed by atoms with E-state index in [0.717, 1.165) is 24.9 Å². The van der Waals surface area contributed by atoms with E-state index in [1.807, 2.05) is 24.8 Å². The summed E-state index contributed by atoms with van der Waals surface area (Å²) >= 11 is 1.74. The van der Waals surface area contributed by atoms with Crippen LogP contribution in [-0.2, 0) is 15.9 Å². The zero-order valence-electron chi connectivity index (χ0n) is 12.5. The monoisotopic (exact) mass is 297 g/mol. The molecule has 0 saturated carbocycles. The van der Waals surface area contributed by atoms with Gasteiger partial charge in [-0.15, -0.1) is 11.3 Å². The van der Waals surface area contributed by atoms with Gasteiger partial charge < -0.3 is 14.4 Å². The number of thiophene rings is 1. The molecule has 1 aliphatic heterocycles. The Bertz CT molecular complexity index is 452. The van der Waals surface area contributed by atoms with Gasteiger partial charge >= 0.3 is 0 Å². The van der Waals surface area contributed by atoms with Crippen molar-refractivity contribution in [3.05, 3.63) is 21.4 Å². The Labute approximate surface area is 124 Å². The molecule has 2 heterocycles. The van der Waals surface area contributed by atoms with Crippen LogP contribution < -0.4 is 0 Å². The molecule has 2 rings (SSSR count). The highest BCUT2D eigenvalue weighted by atomic mass is 32.1. The van der Waals surface area contributed by atoms with E-state index in [0.29, 0.717) is 19.8 Å². The molecule has 0 unspecified atom stereocenters. The van der Waals surface area contributed by atoms with E-state index in [1.54, 1.807) is 11.3 Å². The topological polar surface area (TPSA) is 38.8 Å². The van der Waals surface area contributed by atoms with E-state index in [4.69, 9.17) is 9.47 Å². The van der Waals surface area contributed by atoms with Crippen molar-refractivity contribution in [1.29, 1.82) is 0 Å². The van der Waals surface area contributed by atoms with E-state index >= 15 is 0 Å². The number of fused-ring (bicyclic) bond motifs is 1. The zero-order chi connectivity index (χ0) is 14.5. The van der Waals surface area contributed by atoms with Gasteiger partial charge in [0.2, 0.25) is 0 Å². The molecular weight excluding hydrogens is 274 g/mol. The highest BCUT2D eigenvalue weighted by Gasteiger charge is 2.26. The Morgan fingerprint density at radius 2 is 2.05 bits per heavy atom. The summed E-state index contributed by atoms with van der Waals surface area (Å²) in [7, 11) is 0. The summed E-state index contributed by atoms with van der Waals surface area (Å²) < 4.78 is 11.1.